The zero-order valence-electron chi connectivity index (χ0n) is 7.50. The van der Waals surface area contributed by atoms with Gasteiger partial charge in [0.25, 0.3) is 0 Å². The number of hydrogen-bond acceptors (Lipinski definition) is 3. The first kappa shape index (κ1) is 8.99. The summed E-state index contributed by atoms with van der Waals surface area (Å²) >= 11 is 6.01. The molecule has 0 spiro atoms. The Kier molecular flexibility index (Phi) is 2.27. The normalized spacial score (nSPS) is 17.5. The molecule has 1 N–H and O–H groups in total. The summed E-state index contributed by atoms with van der Waals surface area (Å²) in [6.45, 7) is 2.56. The number of aliphatic hydroxyl groups is 1. The maximum Gasteiger partial charge on any atom is 0.134 e. The summed E-state index contributed by atoms with van der Waals surface area (Å²) in [6.07, 6.45) is 0. The Morgan fingerprint density at radius 3 is 3.00 bits per heavy atom. The highest BCUT2D eigenvalue weighted by atomic mass is 35.5. The first-order chi connectivity index (χ1) is 6.22. The number of nitrogens with zero attached hydrogens (tertiary/aromatic N) is 3. The van der Waals surface area contributed by atoms with Gasteiger partial charge < -0.3 is 9.67 Å². The van der Waals surface area contributed by atoms with E-state index < -0.39 is 0 Å². The van der Waals surface area contributed by atoms with E-state index in [1.807, 2.05) is 11.6 Å². The maximum atomic E-state index is 8.96. The van der Waals surface area contributed by atoms with Crippen molar-refractivity contribution in [3.8, 4) is 0 Å². The summed E-state index contributed by atoms with van der Waals surface area (Å²) in [5, 5.41) is 9.55. The molecular weight excluding hydrogens is 190 g/mol. The predicted octanol–water partition coefficient (Wildman–Crippen LogP) is 0.474. The predicted molar refractivity (Wildman–Crippen MR) is 49.5 cm³/mol. The van der Waals surface area contributed by atoms with Gasteiger partial charge in [0.2, 0.25) is 0 Å². The molecule has 0 amide bonds. The summed E-state index contributed by atoms with van der Waals surface area (Å²) in [4.78, 5) is 6.44. The molecule has 1 aliphatic heterocycles. The van der Waals surface area contributed by atoms with Crippen LogP contribution in [0.5, 0.6) is 0 Å². The van der Waals surface area contributed by atoms with Gasteiger partial charge in [-0.1, -0.05) is 11.6 Å². The fraction of sp³-hybridized carbons (Fsp3) is 0.625. The SMILES string of the molecule is CN1CCn2c(nc(CO)c2Cl)C1. The van der Waals surface area contributed by atoms with Crippen LogP contribution in [0.4, 0.5) is 0 Å². The number of rotatable bonds is 1. The minimum Gasteiger partial charge on any atom is -0.390 e. The van der Waals surface area contributed by atoms with Crippen molar-refractivity contribution in [1.82, 2.24) is 14.5 Å². The fourth-order valence-electron chi connectivity index (χ4n) is 1.57. The highest BCUT2D eigenvalue weighted by Crippen LogP contribution is 2.21. The van der Waals surface area contributed by atoms with Crippen LogP contribution in [-0.2, 0) is 19.7 Å². The molecule has 2 heterocycles. The molecule has 1 aromatic heterocycles. The van der Waals surface area contributed by atoms with E-state index in [0.29, 0.717) is 10.8 Å². The molecule has 1 aliphatic rings. The Balaban J connectivity index is 2.39. The van der Waals surface area contributed by atoms with E-state index in [0.717, 1.165) is 25.5 Å². The molecule has 5 heteroatoms. The van der Waals surface area contributed by atoms with E-state index in [1.54, 1.807) is 0 Å². The van der Waals surface area contributed by atoms with Gasteiger partial charge in [-0.2, -0.15) is 0 Å². The average molecular weight is 202 g/mol. The molecule has 0 fully saturated rings. The second-order valence-corrected chi connectivity index (χ2v) is 3.67. The van der Waals surface area contributed by atoms with Crippen molar-refractivity contribution in [3.05, 3.63) is 16.7 Å². The maximum absolute atomic E-state index is 8.96. The van der Waals surface area contributed by atoms with E-state index in [-0.39, 0.29) is 6.61 Å². The minimum absolute atomic E-state index is 0.0808. The molecular formula is C8H12ClN3O. The summed E-state index contributed by atoms with van der Waals surface area (Å²) in [5.41, 5.74) is 0.590. The van der Waals surface area contributed by atoms with Gasteiger partial charge in [0, 0.05) is 13.1 Å². The van der Waals surface area contributed by atoms with Crippen molar-refractivity contribution in [2.45, 2.75) is 19.7 Å². The van der Waals surface area contributed by atoms with Gasteiger partial charge in [-0.05, 0) is 7.05 Å². The van der Waals surface area contributed by atoms with Crippen molar-refractivity contribution >= 4 is 11.6 Å². The lowest BCUT2D eigenvalue weighted by atomic mass is 10.4. The average Bonchev–Trinajstić information content (AvgIpc) is 2.42. The quantitative estimate of drug-likeness (QED) is 0.719. The van der Waals surface area contributed by atoms with E-state index in [9.17, 15) is 0 Å². The van der Waals surface area contributed by atoms with Crippen LogP contribution in [-0.4, -0.2) is 33.1 Å². The number of aliphatic hydroxyl groups excluding tert-OH is 1. The van der Waals surface area contributed by atoms with Gasteiger partial charge in [0.05, 0.1) is 13.2 Å². The van der Waals surface area contributed by atoms with Gasteiger partial charge >= 0.3 is 0 Å². The third-order valence-electron chi connectivity index (χ3n) is 2.32. The largest absolute Gasteiger partial charge is 0.390 e. The van der Waals surface area contributed by atoms with Crippen molar-refractivity contribution < 1.29 is 5.11 Å². The molecule has 0 bridgehead atoms. The molecule has 0 aliphatic carbocycles. The summed E-state index contributed by atoms with van der Waals surface area (Å²) in [5.74, 6) is 0.947. The lowest BCUT2D eigenvalue weighted by Gasteiger charge is -2.23. The molecule has 0 saturated heterocycles. The molecule has 0 saturated carbocycles. The Morgan fingerprint density at radius 2 is 2.31 bits per heavy atom. The zero-order chi connectivity index (χ0) is 9.42. The van der Waals surface area contributed by atoms with Gasteiger partial charge in [0.15, 0.2) is 0 Å². The van der Waals surface area contributed by atoms with Crippen molar-refractivity contribution in [1.29, 1.82) is 0 Å². The van der Waals surface area contributed by atoms with E-state index in [2.05, 4.69) is 9.88 Å². The van der Waals surface area contributed by atoms with Crippen LogP contribution in [0.2, 0.25) is 5.15 Å². The summed E-state index contributed by atoms with van der Waals surface area (Å²) < 4.78 is 1.97. The number of aromatic nitrogens is 2. The Hall–Kier alpha value is -0.580. The molecule has 4 nitrogen and oxygen atoms in total. The molecule has 0 aromatic carbocycles. The second-order valence-electron chi connectivity index (χ2n) is 3.31. The molecule has 1 aromatic rings. The molecule has 72 valence electrons. The molecule has 0 unspecified atom stereocenters. The molecule has 2 rings (SSSR count). The Bertz CT molecular complexity index is 323. The van der Waals surface area contributed by atoms with Crippen molar-refractivity contribution in [2.24, 2.45) is 0 Å². The first-order valence-electron chi connectivity index (χ1n) is 4.25. The third kappa shape index (κ3) is 1.45. The number of imidazole rings is 1. The monoisotopic (exact) mass is 201 g/mol. The van der Waals surface area contributed by atoms with E-state index in [1.165, 1.54) is 0 Å². The van der Waals surface area contributed by atoms with Crippen LogP contribution in [0, 0.1) is 0 Å². The van der Waals surface area contributed by atoms with Crippen LogP contribution < -0.4 is 0 Å². The van der Waals surface area contributed by atoms with Crippen LogP contribution in [0.1, 0.15) is 11.5 Å². The lowest BCUT2D eigenvalue weighted by molar-refractivity contribution is 0.264. The minimum atomic E-state index is -0.0808. The number of hydrogen-bond donors (Lipinski definition) is 1. The highest BCUT2D eigenvalue weighted by Gasteiger charge is 2.19. The third-order valence-corrected chi connectivity index (χ3v) is 2.74. The van der Waals surface area contributed by atoms with Gasteiger partial charge in [0.1, 0.15) is 16.7 Å². The molecule has 0 radical (unpaired) electrons. The Morgan fingerprint density at radius 1 is 1.54 bits per heavy atom. The lowest BCUT2D eigenvalue weighted by Crippen LogP contribution is -2.30. The topological polar surface area (TPSA) is 41.3 Å². The number of halogens is 1. The van der Waals surface area contributed by atoms with Gasteiger partial charge in [-0.25, -0.2) is 4.98 Å². The Labute approximate surface area is 81.7 Å². The summed E-state index contributed by atoms with van der Waals surface area (Å²) in [7, 11) is 2.05. The van der Waals surface area contributed by atoms with Crippen LogP contribution >= 0.6 is 11.6 Å². The van der Waals surface area contributed by atoms with E-state index >= 15 is 0 Å². The second kappa shape index (κ2) is 3.29. The first-order valence-corrected chi connectivity index (χ1v) is 4.63. The van der Waals surface area contributed by atoms with Crippen LogP contribution in [0.15, 0.2) is 0 Å². The van der Waals surface area contributed by atoms with Crippen molar-refractivity contribution in [2.75, 3.05) is 13.6 Å². The van der Waals surface area contributed by atoms with Crippen LogP contribution in [0.3, 0.4) is 0 Å². The molecule has 0 atom stereocenters. The zero-order valence-corrected chi connectivity index (χ0v) is 8.25. The van der Waals surface area contributed by atoms with Gasteiger partial charge in [-0.3, -0.25) is 4.90 Å². The van der Waals surface area contributed by atoms with Crippen molar-refractivity contribution in [3.63, 3.8) is 0 Å². The smallest absolute Gasteiger partial charge is 0.134 e. The molecule has 13 heavy (non-hydrogen) atoms. The number of likely N-dealkylation sites (N-methyl/N-ethyl adjacent to an activating group) is 1. The van der Waals surface area contributed by atoms with Crippen LogP contribution in [0.25, 0.3) is 0 Å². The summed E-state index contributed by atoms with van der Waals surface area (Å²) in [6, 6.07) is 0. The van der Waals surface area contributed by atoms with Gasteiger partial charge in [-0.15, -0.1) is 0 Å². The van der Waals surface area contributed by atoms with E-state index in [4.69, 9.17) is 16.7 Å². The number of fused-ring (bicyclic) bond motifs is 1. The standard InChI is InChI=1S/C8H12ClN3O/c1-11-2-3-12-7(4-11)10-6(5-13)8(12)9/h13H,2-5H2,1H3. The fourth-order valence-corrected chi connectivity index (χ4v) is 1.86. The highest BCUT2D eigenvalue weighted by molar-refractivity contribution is 6.30.